The predicted octanol–water partition coefficient (Wildman–Crippen LogP) is -0.540. The first-order chi connectivity index (χ1) is 11.8. The SMILES string of the molecule is COC(=O)c1cc2cc(OC(O)C3(O)C(O)C(O)C3CO)ccc2s1. The van der Waals surface area contributed by atoms with Crippen LogP contribution >= 0.6 is 11.3 Å². The van der Waals surface area contributed by atoms with Gasteiger partial charge < -0.3 is 35.0 Å². The maximum Gasteiger partial charge on any atom is 0.348 e. The second-order valence-corrected chi connectivity index (χ2v) is 6.97. The molecule has 0 radical (unpaired) electrons. The largest absolute Gasteiger partial charge is 0.465 e. The number of esters is 1. The number of benzene rings is 1. The van der Waals surface area contributed by atoms with E-state index >= 15 is 0 Å². The van der Waals surface area contributed by atoms with Gasteiger partial charge in [0, 0.05) is 10.6 Å². The molecule has 8 nitrogen and oxygen atoms in total. The highest BCUT2D eigenvalue weighted by Crippen LogP contribution is 2.42. The number of aliphatic hydroxyl groups is 5. The minimum Gasteiger partial charge on any atom is -0.465 e. The van der Waals surface area contributed by atoms with Crippen molar-refractivity contribution in [3.63, 3.8) is 0 Å². The topological polar surface area (TPSA) is 137 Å². The van der Waals surface area contributed by atoms with Crippen molar-refractivity contribution in [1.82, 2.24) is 0 Å². The third kappa shape index (κ3) is 2.78. The third-order valence-electron chi connectivity index (χ3n) is 4.52. The molecule has 9 heteroatoms. The fourth-order valence-corrected chi connectivity index (χ4v) is 3.93. The van der Waals surface area contributed by atoms with Crippen LogP contribution in [0.1, 0.15) is 9.67 Å². The van der Waals surface area contributed by atoms with Gasteiger partial charge in [-0.05, 0) is 29.7 Å². The summed E-state index contributed by atoms with van der Waals surface area (Å²) in [5.74, 6) is -1.41. The lowest BCUT2D eigenvalue weighted by Crippen LogP contribution is -2.76. The van der Waals surface area contributed by atoms with Crippen molar-refractivity contribution in [2.45, 2.75) is 24.1 Å². The second kappa shape index (κ2) is 6.52. The van der Waals surface area contributed by atoms with Crippen molar-refractivity contribution in [1.29, 1.82) is 0 Å². The molecule has 0 amide bonds. The molecule has 0 aliphatic heterocycles. The van der Waals surface area contributed by atoms with E-state index < -0.39 is 42.6 Å². The lowest BCUT2D eigenvalue weighted by atomic mass is 9.64. The molecule has 2 aromatic rings. The van der Waals surface area contributed by atoms with E-state index in [9.17, 15) is 30.3 Å². The van der Waals surface area contributed by atoms with Crippen molar-refractivity contribution >= 4 is 27.4 Å². The number of hydrogen-bond donors (Lipinski definition) is 5. The smallest absolute Gasteiger partial charge is 0.348 e. The van der Waals surface area contributed by atoms with E-state index in [4.69, 9.17) is 4.74 Å². The number of carbonyl (C=O) groups excluding carboxylic acids is 1. The molecular weight excluding hydrogens is 352 g/mol. The normalized spacial score (nSPS) is 29.9. The van der Waals surface area contributed by atoms with Gasteiger partial charge in [-0.3, -0.25) is 0 Å². The number of thiophene rings is 1. The number of carbonyl (C=O) groups is 1. The predicted molar refractivity (Wildman–Crippen MR) is 87.3 cm³/mol. The van der Waals surface area contributed by atoms with Gasteiger partial charge in [0.1, 0.15) is 16.7 Å². The highest BCUT2D eigenvalue weighted by atomic mass is 32.1. The molecule has 5 N–H and O–H groups in total. The van der Waals surface area contributed by atoms with Crippen LogP contribution in [0.3, 0.4) is 0 Å². The molecule has 0 saturated heterocycles. The highest BCUT2D eigenvalue weighted by molar-refractivity contribution is 7.20. The van der Waals surface area contributed by atoms with Gasteiger partial charge in [-0.15, -0.1) is 11.3 Å². The molecule has 5 atom stereocenters. The van der Waals surface area contributed by atoms with E-state index in [-0.39, 0.29) is 5.75 Å². The third-order valence-corrected chi connectivity index (χ3v) is 5.61. The van der Waals surface area contributed by atoms with Crippen LogP contribution in [0.25, 0.3) is 10.1 Å². The van der Waals surface area contributed by atoms with Crippen LogP contribution < -0.4 is 4.74 Å². The van der Waals surface area contributed by atoms with Gasteiger partial charge in [-0.25, -0.2) is 4.79 Å². The summed E-state index contributed by atoms with van der Waals surface area (Å²) >= 11 is 1.24. The average Bonchev–Trinajstić information content (AvgIpc) is 3.04. The Balaban J connectivity index is 1.81. The van der Waals surface area contributed by atoms with Crippen molar-refractivity contribution in [3.8, 4) is 5.75 Å². The Labute approximate surface area is 146 Å². The summed E-state index contributed by atoms with van der Waals surface area (Å²) in [5.41, 5.74) is -2.19. The monoisotopic (exact) mass is 370 g/mol. The van der Waals surface area contributed by atoms with Crippen LogP contribution in [0.4, 0.5) is 0 Å². The lowest BCUT2D eigenvalue weighted by Gasteiger charge is -2.53. The van der Waals surface area contributed by atoms with E-state index in [1.165, 1.54) is 24.5 Å². The first-order valence-corrected chi connectivity index (χ1v) is 8.30. The molecule has 1 aromatic heterocycles. The number of hydrogen-bond acceptors (Lipinski definition) is 9. The molecule has 1 heterocycles. The van der Waals surface area contributed by atoms with Crippen molar-refractivity contribution in [3.05, 3.63) is 29.1 Å². The molecule has 25 heavy (non-hydrogen) atoms. The standard InChI is InChI=1S/C16H18O8S/c1-23-14(20)11-5-7-4-8(2-3-10(7)25-11)24-15(21)16(22)9(6-17)12(18)13(16)19/h2-5,9,12-13,15,17-19,21-22H,6H2,1H3. The van der Waals surface area contributed by atoms with Gasteiger partial charge in [0.15, 0.2) is 5.60 Å². The summed E-state index contributed by atoms with van der Waals surface area (Å²) in [5, 5.41) is 49.7. The Morgan fingerprint density at radius 2 is 2.08 bits per heavy atom. The van der Waals surface area contributed by atoms with Crippen LogP contribution in [0.15, 0.2) is 24.3 Å². The molecule has 136 valence electrons. The zero-order valence-corrected chi connectivity index (χ0v) is 14.0. The second-order valence-electron chi connectivity index (χ2n) is 5.88. The van der Waals surface area contributed by atoms with E-state index in [1.807, 2.05) is 0 Å². The molecule has 1 fully saturated rings. The summed E-state index contributed by atoms with van der Waals surface area (Å²) in [6, 6.07) is 6.37. The van der Waals surface area contributed by atoms with Gasteiger partial charge in [0.25, 0.3) is 0 Å². The van der Waals surface area contributed by atoms with Crippen molar-refractivity contribution < 1.29 is 39.8 Å². The molecule has 1 aromatic carbocycles. The van der Waals surface area contributed by atoms with E-state index in [0.29, 0.717) is 10.3 Å². The average molecular weight is 370 g/mol. The van der Waals surface area contributed by atoms with Crippen molar-refractivity contribution in [2.75, 3.05) is 13.7 Å². The minimum atomic E-state index is -2.19. The number of rotatable bonds is 5. The first kappa shape index (κ1) is 18.1. The highest BCUT2D eigenvalue weighted by Gasteiger charge is 2.65. The van der Waals surface area contributed by atoms with Crippen LogP contribution in [-0.4, -0.2) is 69.3 Å². The Morgan fingerprint density at radius 3 is 2.72 bits per heavy atom. The summed E-state index contributed by atoms with van der Waals surface area (Å²) in [4.78, 5) is 12.0. The van der Waals surface area contributed by atoms with E-state index in [0.717, 1.165) is 4.70 Å². The summed E-state index contributed by atoms with van der Waals surface area (Å²) < 4.78 is 10.8. The molecule has 5 unspecified atom stereocenters. The molecule has 3 rings (SSSR count). The van der Waals surface area contributed by atoms with Crippen LogP contribution in [0.2, 0.25) is 0 Å². The van der Waals surface area contributed by atoms with Gasteiger partial charge in [0.05, 0.1) is 19.8 Å². The van der Waals surface area contributed by atoms with Gasteiger partial charge in [0.2, 0.25) is 6.29 Å². The summed E-state index contributed by atoms with van der Waals surface area (Å²) in [6.45, 7) is -0.624. The number of ether oxygens (including phenoxy) is 2. The molecule has 1 aliphatic rings. The first-order valence-electron chi connectivity index (χ1n) is 7.49. The number of methoxy groups -OCH3 is 1. The van der Waals surface area contributed by atoms with Crippen LogP contribution in [0, 0.1) is 5.92 Å². The maximum absolute atomic E-state index is 11.6. The Bertz CT molecular complexity index is 790. The Kier molecular flexibility index (Phi) is 4.71. The van der Waals surface area contributed by atoms with Crippen LogP contribution in [-0.2, 0) is 4.74 Å². The molecule has 0 spiro atoms. The van der Waals surface area contributed by atoms with Gasteiger partial charge in [-0.1, -0.05) is 0 Å². The summed E-state index contributed by atoms with van der Waals surface area (Å²) in [7, 11) is 1.29. The fraction of sp³-hybridized carbons (Fsp3) is 0.438. The minimum absolute atomic E-state index is 0.188. The van der Waals surface area contributed by atoms with Crippen LogP contribution in [0.5, 0.6) is 5.75 Å². The quantitative estimate of drug-likeness (QED) is 0.350. The van der Waals surface area contributed by atoms with E-state index in [2.05, 4.69) is 4.74 Å². The van der Waals surface area contributed by atoms with Crippen molar-refractivity contribution in [2.24, 2.45) is 5.92 Å². The number of aliphatic hydroxyl groups excluding tert-OH is 4. The maximum atomic E-state index is 11.6. The lowest BCUT2D eigenvalue weighted by molar-refractivity contribution is -0.332. The molecule has 1 aliphatic carbocycles. The number of fused-ring (bicyclic) bond motifs is 1. The Morgan fingerprint density at radius 1 is 1.36 bits per heavy atom. The van der Waals surface area contributed by atoms with Gasteiger partial charge in [-0.2, -0.15) is 0 Å². The summed E-state index contributed by atoms with van der Waals surface area (Å²) in [6.07, 6.45) is -4.86. The zero-order chi connectivity index (χ0) is 18.4. The molecular formula is C16H18O8S. The zero-order valence-electron chi connectivity index (χ0n) is 13.2. The Hall–Kier alpha value is -1.75. The van der Waals surface area contributed by atoms with Gasteiger partial charge >= 0.3 is 5.97 Å². The fourth-order valence-electron chi connectivity index (χ4n) is 2.97. The van der Waals surface area contributed by atoms with E-state index in [1.54, 1.807) is 18.2 Å². The molecule has 1 saturated carbocycles. The molecule has 0 bridgehead atoms.